The van der Waals surface area contributed by atoms with Gasteiger partial charge in [-0.15, -0.1) is 0 Å². The number of esters is 1. The molecule has 4 aliphatic carbocycles. The summed E-state index contributed by atoms with van der Waals surface area (Å²) in [6.45, 7) is 11.8. The van der Waals surface area contributed by atoms with Crippen molar-refractivity contribution in [1.82, 2.24) is 0 Å². The van der Waals surface area contributed by atoms with Crippen molar-refractivity contribution in [2.75, 3.05) is 6.61 Å². The predicted octanol–water partition coefficient (Wildman–Crippen LogP) is 5.80. The van der Waals surface area contributed by atoms with Gasteiger partial charge in [0.2, 0.25) is 0 Å². The molecule has 10 atom stereocenters. The SMILES string of the molecule is CCOC(=O)CC[C@@H](C)[C@H]1CCC2C3C(=O)[C@@H](CC)[C@@H]4CC(O)CC[C@]4(C)C3CC[C@@]21C. The number of Topliss-reactive ketones (excluding diaryl/α,β-unsaturated/α-hetero) is 1. The first-order valence-corrected chi connectivity index (χ1v) is 13.5. The van der Waals surface area contributed by atoms with E-state index in [9.17, 15) is 14.7 Å². The fourth-order valence-corrected chi connectivity index (χ4v) is 9.39. The van der Waals surface area contributed by atoms with Crippen LogP contribution >= 0.6 is 0 Å². The molecule has 0 aromatic heterocycles. The van der Waals surface area contributed by atoms with E-state index in [-0.39, 0.29) is 34.7 Å². The summed E-state index contributed by atoms with van der Waals surface area (Å²) in [7, 11) is 0. The van der Waals surface area contributed by atoms with Gasteiger partial charge in [-0.2, -0.15) is 0 Å². The summed E-state index contributed by atoms with van der Waals surface area (Å²) < 4.78 is 5.16. The van der Waals surface area contributed by atoms with Gasteiger partial charge in [0.15, 0.2) is 0 Å². The van der Waals surface area contributed by atoms with Crippen molar-refractivity contribution >= 4 is 11.8 Å². The Labute approximate surface area is 195 Å². The second-order valence-corrected chi connectivity index (χ2v) is 12.2. The predicted molar refractivity (Wildman–Crippen MR) is 126 cm³/mol. The van der Waals surface area contributed by atoms with Crippen LogP contribution in [0.25, 0.3) is 0 Å². The van der Waals surface area contributed by atoms with Crippen LogP contribution in [-0.2, 0) is 14.3 Å². The maximum atomic E-state index is 14.0. The lowest BCUT2D eigenvalue weighted by Gasteiger charge is -2.62. The molecule has 0 spiro atoms. The number of hydrogen-bond acceptors (Lipinski definition) is 4. The van der Waals surface area contributed by atoms with Gasteiger partial charge in [-0.05, 0) is 105 Å². The van der Waals surface area contributed by atoms with Gasteiger partial charge in [-0.1, -0.05) is 27.7 Å². The van der Waals surface area contributed by atoms with Crippen molar-refractivity contribution in [2.45, 2.75) is 105 Å². The molecule has 0 radical (unpaired) electrons. The lowest BCUT2D eigenvalue weighted by Crippen LogP contribution is -2.60. The molecule has 1 N–H and O–H groups in total. The van der Waals surface area contributed by atoms with E-state index in [4.69, 9.17) is 4.74 Å². The summed E-state index contributed by atoms with van der Waals surface area (Å²) in [5, 5.41) is 10.4. The minimum absolute atomic E-state index is 0.0746. The normalized spacial score (nSPS) is 46.7. The van der Waals surface area contributed by atoms with Crippen LogP contribution in [0.15, 0.2) is 0 Å². The number of ketones is 1. The van der Waals surface area contributed by atoms with E-state index in [2.05, 4.69) is 27.7 Å². The van der Waals surface area contributed by atoms with Gasteiger partial charge < -0.3 is 9.84 Å². The Balaban J connectivity index is 1.56. The van der Waals surface area contributed by atoms with Crippen LogP contribution in [0.4, 0.5) is 0 Å². The molecule has 4 unspecified atom stereocenters. The lowest BCUT2D eigenvalue weighted by molar-refractivity contribution is -0.173. The van der Waals surface area contributed by atoms with Crippen molar-refractivity contribution in [3.63, 3.8) is 0 Å². The maximum Gasteiger partial charge on any atom is 0.305 e. The highest BCUT2D eigenvalue weighted by Crippen LogP contribution is 2.68. The molecular weight excluding hydrogens is 400 g/mol. The van der Waals surface area contributed by atoms with Gasteiger partial charge in [0.05, 0.1) is 12.7 Å². The second-order valence-electron chi connectivity index (χ2n) is 12.2. The molecule has 0 aromatic carbocycles. The Morgan fingerprint density at radius 3 is 2.44 bits per heavy atom. The van der Waals surface area contributed by atoms with Crippen LogP contribution < -0.4 is 0 Å². The third-order valence-corrected chi connectivity index (χ3v) is 11.0. The molecule has 0 aromatic rings. The minimum Gasteiger partial charge on any atom is -0.466 e. The van der Waals surface area contributed by atoms with Crippen molar-refractivity contribution in [1.29, 1.82) is 0 Å². The van der Waals surface area contributed by atoms with Gasteiger partial charge in [0.1, 0.15) is 5.78 Å². The quantitative estimate of drug-likeness (QED) is 0.524. The van der Waals surface area contributed by atoms with Crippen LogP contribution in [0.5, 0.6) is 0 Å². The highest BCUT2D eigenvalue weighted by atomic mass is 16.5. The molecule has 182 valence electrons. The second kappa shape index (κ2) is 9.04. The van der Waals surface area contributed by atoms with Crippen molar-refractivity contribution in [3.8, 4) is 0 Å². The molecule has 0 amide bonds. The zero-order valence-electron chi connectivity index (χ0n) is 21.1. The number of aliphatic hydroxyl groups is 1. The monoisotopic (exact) mass is 446 g/mol. The summed E-state index contributed by atoms with van der Waals surface area (Å²) >= 11 is 0. The molecule has 32 heavy (non-hydrogen) atoms. The highest BCUT2D eigenvalue weighted by Gasteiger charge is 2.65. The van der Waals surface area contributed by atoms with E-state index in [1.807, 2.05) is 6.92 Å². The molecule has 0 heterocycles. The smallest absolute Gasteiger partial charge is 0.305 e. The van der Waals surface area contributed by atoms with E-state index in [0.717, 1.165) is 44.9 Å². The zero-order chi connectivity index (χ0) is 23.3. The molecule has 4 heteroatoms. The first-order chi connectivity index (χ1) is 15.2. The summed E-state index contributed by atoms with van der Waals surface area (Å²) in [6, 6.07) is 0. The minimum atomic E-state index is -0.226. The van der Waals surface area contributed by atoms with Gasteiger partial charge in [0, 0.05) is 18.3 Å². The van der Waals surface area contributed by atoms with Crippen LogP contribution in [0, 0.1) is 52.3 Å². The number of carbonyl (C=O) groups is 2. The van der Waals surface area contributed by atoms with Crippen molar-refractivity contribution in [3.05, 3.63) is 0 Å². The standard InChI is InChI=1S/C28H46O4/c1-6-19-23-16-18(29)12-14-28(23,5)22-13-15-27(4)20(9-10-21(27)25(22)26(19)31)17(3)8-11-24(30)32-7-2/h17-23,25,29H,6-16H2,1-5H3/t17-,18?,19+,20-,21?,22?,23+,25?,27-,28-/m1/s1. The van der Waals surface area contributed by atoms with Crippen molar-refractivity contribution in [2.24, 2.45) is 52.3 Å². The summed E-state index contributed by atoms with van der Waals surface area (Å²) in [5.41, 5.74) is 0.411. The largest absolute Gasteiger partial charge is 0.466 e. The maximum absolute atomic E-state index is 14.0. The fourth-order valence-electron chi connectivity index (χ4n) is 9.39. The average molecular weight is 447 g/mol. The van der Waals surface area contributed by atoms with Crippen LogP contribution in [0.1, 0.15) is 98.8 Å². The molecule has 4 saturated carbocycles. The van der Waals surface area contributed by atoms with E-state index < -0.39 is 0 Å². The van der Waals surface area contributed by atoms with Crippen molar-refractivity contribution < 1.29 is 19.4 Å². The molecule has 4 fully saturated rings. The number of hydrogen-bond donors (Lipinski definition) is 1. The number of ether oxygens (including phenoxy) is 1. The Hall–Kier alpha value is -0.900. The number of fused-ring (bicyclic) bond motifs is 5. The van der Waals surface area contributed by atoms with E-state index >= 15 is 0 Å². The van der Waals surface area contributed by atoms with E-state index in [1.54, 1.807) is 0 Å². The first kappa shape index (κ1) is 24.2. The highest BCUT2D eigenvalue weighted by molar-refractivity contribution is 5.86. The molecule has 0 aliphatic heterocycles. The molecule has 0 saturated heterocycles. The third kappa shape index (κ3) is 3.77. The zero-order valence-corrected chi connectivity index (χ0v) is 21.1. The number of carbonyl (C=O) groups excluding carboxylic acids is 2. The summed E-state index contributed by atoms with van der Waals surface area (Å²) in [4.78, 5) is 25.9. The number of aliphatic hydroxyl groups excluding tert-OH is 1. The Kier molecular flexibility index (Phi) is 6.85. The molecule has 0 bridgehead atoms. The lowest BCUT2D eigenvalue weighted by atomic mass is 9.42. The molecule has 4 nitrogen and oxygen atoms in total. The Morgan fingerprint density at radius 2 is 1.75 bits per heavy atom. The van der Waals surface area contributed by atoms with Crippen LogP contribution in [0.2, 0.25) is 0 Å². The number of rotatable bonds is 6. The van der Waals surface area contributed by atoms with Crippen LogP contribution in [-0.4, -0.2) is 29.6 Å². The average Bonchev–Trinajstić information content (AvgIpc) is 3.11. The van der Waals surface area contributed by atoms with Gasteiger partial charge in [0.25, 0.3) is 0 Å². The topological polar surface area (TPSA) is 63.6 Å². The summed E-state index contributed by atoms with van der Waals surface area (Å²) in [5.74, 6) is 3.20. The van der Waals surface area contributed by atoms with Crippen LogP contribution in [0.3, 0.4) is 0 Å². The Bertz CT molecular complexity index is 718. The molecular formula is C28H46O4. The third-order valence-electron chi connectivity index (χ3n) is 11.0. The van der Waals surface area contributed by atoms with Gasteiger partial charge in [-0.3, -0.25) is 9.59 Å². The van der Waals surface area contributed by atoms with Gasteiger partial charge in [-0.25, -0.2) is 0 Å². The molecule has 4 rings (SSSR count). The van der Waals surface area contributed by atoms with Gasteiger partial charge >= 0.3 is 5.97 Å². The fraction of sp³-hybridized carbons (Fsp3) is 0.929. The van der Waals surface area contributed by atoms with E-state index in [1.165, 1.54) is 12.8 Å². The first-order valence-electron chi connectivity index (χ1n) is 13.5. The molecule has 4 aliphatic rings. The van der Waals surface area contributed by atoms with E-state index in [0.29, 0.717) is 48.4 Å². The Morgan fingerprint density at radius 1 is 1.06 bits per heavy atom. The summed E-state index contributed by atoms with van der Waals surface area (Å²) in [6.07, 6.45) is 9.61.